The van der Waals surface area contributed by atoms with Crippen molar-refractivity contribution in [2.45, 2.75) is 38.3 Å². The molecule has 0 saturated carbocycles. The van der Waals surface area contributed by atoms with Crippen LogP contribution in [0, 0.1) is 5.82 Å². The molecule has 6 rings (SSSR count). The zero-order valence-corrected chi connectivity index (χ0v) is 18.4. The highest BCUT2D eigenvalue weighted by atomic mass is 19.1. The van der Waals surface area contributed by atoms with Crippen LogP contribution in [-0.4, -0.2) is 34.5 Å². The third kappa shape index (κ3) is 2.99. The predicted octanol–water partition coefficient (Wildman–Crippen LogP) is 4.28. The van der Waals surface area contributed by atoms with Gasteiger partial charge in [-0.2, -0.15) is 5.10 Å². The molecule has 1 N–H and O–H groups in total. The second kappa shape index (κ2) is 6.81. The fourth-order valence-electron chi connectivity index (χ4n) is 4.70. The summed E-state index contributed by atoms with van der Waals surface area (Å²) < 4.78 is 26.6. The lowest BCUT2D eigenvalue weighted by Gasteiger charge is -2.33. The van der Waals surface area contributed by atoms with Gasteiger partial charge in [0.15, 0.2) is 17.3 Å². The SMILES string of the molecule is CC(C)(C)n1ncc2c1N=C1NC(=O)N(c3ccc(F)cc3)[C@H]1[C@H]2c1ccc2c(c1)OCO2. The van der Waals surface area contributed by atoms with Crippen LogP contribution in [0.25, 0.3) is 0 Å². The number of benzene rings is 2. The smallest absolute Gasteiger partial charge is 0.328 e. The molecule has 3 aromatic rings. The van der Waals surface area contributed by atoms with Crippen molar-refractivity contribution in [1.82, 2.24) is 15.1 Å². The van der Waals surface area contributed by atoms with Gasteiger partial charge in [0.1, 0.15) is 17.7 Å². The van der Waals surface area contributed by atoms with E-state index in [0.717, 1.165) is 11.1 Å². The number of fused-ring (bicyclic) bond motifs is 3. The molecule has 0 unspecified atom stereocenters. The molecular weight excluding hydrogens is 425 g/mol. The fraction of sp³-hybridized carbons (Fsp3) is 0.292. The molecular formula is C24H22FN5O3. The van der Waals surface area contributed by atoms with Gasteiger partial charge in [0, 0.05) is 17.2 Å². The number of aromatic nitrogens is 2. The van der Waals surface area contributed by atoms with E-state index in [0.29, 0.717) is 28.8 Å². The van der Waals surface area contributed by atoms with Gasteiger partial charge in [-0.05, 0) is 62.7 Å². The van der Waals surface area contributed by atoms with Crippen LogP contribution in [-0.2, 0) is 5.54 Å². The van der Waals surface area contributed by atoms with E-state index in [4.69, 9.17) is 14.5 Å². The molecule has 9 heteroatoms. The van der Waals surface area contributed by atoms with E-state index in [9.17, 15) is 9.18 Å². The number of carbonyl (C=O) groups is 1. The number of hydrogen-bond donors (Lipinski definition) is 1. The van der Waals surface area contributed by atoms with Crippen molar-refractivity contribution in [3.8, 4) is 11.5 Å². The molecule has 0 aliphatic carbocycles. The Morgan fingerprint density at radius 2 is 1.85 bits per heavy atom. The minimum atomic E-state index is -0.451. The van der Waals surface area contributed by atoms with Crippen molar-refractivity contribution in [3.05, 3.63) is 65.6 Å². The van der Waals surface area contributed by atoms with Crippen LogP contribution in [0.2, 0.25) is 0 Å². The number of amidine groups is 1. The summed E-state index contributed by atoms with van der Waals surface area (Å²) in [7, 11) is 0. The van der Waals surface area contributed by atoms with Gasteiger partial charge in [-0.15, -0.1) is 0 Å². The summed E-state index contributed by atoms with van der Waals surface area (Å²) in [6.45, 7) is 6.34. The lowest BCUT2D eigenvalue weighted by Crippen LogP contribution is -2.42. The van der Waals surface area contributed by atoms with Gasteiger partial charge < -0.3 is 9.47 Å². The maximum absolute atomic E-state index is 13.6. The Kier molecular flexibility index (Phi) is 4.08. The topological polar surface area (TPSA) is 81.0 Å². The van der Waals surface area contributed by atoms with Crippen molar-refractivity contribution >= 4 is 23.4 Å². The number of urea groups is 1. The van der Waals surface area contributed by atoms with Crippen molar-refractivity contribution < 1.29 is 18.7 Å². The van der Waals surface area contributed by atoms with Crippen molar-refractivity contribution in [2.75, 3.05) is 11.7 Å². The molecule has 2 aromatic carbocycles. The maximum Gasteiger partial charge on any atom is 0.328 e. The van der Waals surface area contributed by atoms with E-state index in [1.165, 1.54) is 12.1 Å². The summed E-state index contributed by atoms with van der Waals surface area (Å²) in [6, 6.07) is 10.9. The lowest BCUT2D eigenvalue weighted by atomic mass is 9.83. The standard InChI is InChI=1S/C24H22FN5O3/c1-24(2,3)30-22-16(11-26-30)19(13-4-9-17-18(10-13)33-12-32-17)20-21(27-22)28-23(31)29(20)15-7-5-14(25)6-8-15/h4-11,19-20H,12H2,1-3H3,(H,27,28,31)/t19-,20-/m0/s1. The van der Waals surface area contributed by atoms with Crippen LogP contribution in [0.5, 0.6) is 11.5 Å². The summed E-state index contributed by atoms with van der Waals surface area (Å²) in [5, 5.41) is 7.57. The molecule has 0 bridgehead atoms. The third-order valence-electron chi connectivity index (χ3n) is 6.16. The Bertz CT molecular complexity index is 1310. The zero-order chi connectivity index (χ0) is 22.9. The van der Waals surface area contributed by atoms with E-state index in [1.807, 2.05) is 29.1 Å². The van der Waals surface area contributed by atoms with Crippen LogP contribution in [0.4, 0.5) is 20.7 Å². The van der Waals surface area contributed by atoms with Crippen LogP contribution < -0.4 is 19.7 Å². The number of rotatable bonds is 2. The molecule has 168 valence electrons. The summed E-state index contributed by atoms with van der Waals surface area (Å²) in [6.07, 6.45) is 1.82. The molecule has 1 fully saturated rings. The monoisotopic (exact) mass is 447 g/mol. The number of amides is 2. The Morgan fingerprint density at radius 3 is 2.61 bits per heavy atom. The van der Waals surface area contributed by atoms with Gasteiger partial charge in [-0.1, -0.05) is 6.07 Å². The molecule has 1 saturated heterocycles. The molecule has 0 radical (unpaired) electrons. The second-order valence-electron chi connectivity index (χ2n) is 9.31. The van der Waals surface area contributed by atoms with E-state index in [1.54, 1.807) is 17.0 Å². The summed E-state index contributed by atoms with van der Waals surface area (Å²) in [5.41, 5.74) is 2.13. The first-order valence-electron chi connectivity index (χ1n) is 10.7. The number of anilines is 1. The molecule has 3 aliphatic rings. The van der Waals surface area contributed by atoms with Gasteiger partial charge in [0.25, 0.3) is 0 Å². The van der Waals surface area contributed by atoms with Crippen molar-refractivity contribution in [3.63, 3.8) is 0 Å². The number of nitrogens with zero attached hydrogens (tertiary/aromatic N) is 4. The highest BCUT2D eigenvalue weighted by molar-refractivity contribution is 6.18. The number of hydrogen-bond acceptors (Lipinski definition) is 5. The molecule has 2 atom stereocenters. The zero-order valence-electron chi connectivity index (χ0n) is 18.4. The summed E-state index contributed by atoms with van der Waals surface area (Å²) in [5.74, 6) is 1.94. The summed E-state index contributed by atoms with van der Waals surface area (Å²) in [4.78, 5) is 19.6. The average molecular weight is 447 g/mol. The number of aliphatic imine (C=N–C) groups is 1. The number of ether oxygens (including phenoxy) is 2. The number of halogens is 1. The number of carbonyl (C=O) groups excluding carboxylic acids is 1. The van der Waals surface area contributed by atoms with Gasteiger partial charge in [0.2, 0.25) is 6.79 Å². The second-order valence-corrected chi connectivity index (χ2v) is 9.31. The molecule has 2 amide bonds. The molecule has 0 spiro atoms. The summed E-state index contributed by atoms with van der Waals surface area (Å²) >= 11 is 0. The predicted molar refractivity (Wildman–Crippen MR) is 120 cm³/mol. The van der Waals surface area contributed by atoms with Crippen molar-refractivity contribution in [1.29, 1.82) is 0 Å². The van der Waals surface area contributed by atoms with Crippen molar-refractivity contribution in [2.24, 2.45) is 4.99 Å². The van der Waals surface area contributed by atoms with Gasteiger partial charge in [-0.25, -0.2) is 18.9 Å². The first-order chi connectivity index (χ1) is 15.8. The van der Waals surface area contributed by atoms with E-state index >= 15 is 0 Å². The van der Waals surface area contributed by atoms with Crippen LogP contribution >= 0.6 is 0 Å². The Labute approximate surface area is 189 Å². The molecule has 3 aliphatic heterocycles. The minimum Gasteiger partial charge on any atom is -0.454 e. The molecule has 8 nitrogen and oxygen atoms in total. The Balaban J connectivity index is 1.55. The lowest BCUT2D eigenvalue weighted by molar-refractivity contribution is 0.174. The van der Waals surface area contributed by atoms with Gasteiger partial charge in [-0.3, -0.25) is 10.2 Å². The van der Waals surface area contributed by atoms with Crippen LogP contribution in [0.15, 0.2) is 53.7 Å². The normalized spacial score (nSPS) is 20.9. The van der Waals surface area contributed by atoms with Gasteiger partial charge >= 0.3 is 6.03 Å². The van der Waals surface area contributed by atoms with E-state index in [-0.39, 0.29) is 30.1 Å². The van der Waals surface area contributed by atoms with Crippen LogP contribution in [0.3, 0.4) is 0 Å². The third-order valence-corrected chi connectivity index (χ3v) is 6.16. The van der Waals surface area contributed by atoms with E-state index in [2.05, 4.69) is 31.2 Å². The fourth-order valence-corrected chi connectivity index (χ4v) is 4.70. The quantitative estimate of drug-likeness (QED) is 0.636. The average Bonchev–Trinajstić information content (AvgIpc) is 3.48. The highest BCUT2D eigenvalue weighted by Crippen LogP contribution is 2.46. The largest absolute Gasteiger partial charge is 0.454 e. The maximum atomic E-state index is 13.6. The first kappa shape index (κ1) is 19.8. The molecule has 33 heavy (non-hydrogen) atoms. The first-order valence-corrected chi connectivity index (χ1v) is 10.7. The van der Waals surface area contributed by atoms with E-state index < -0.39 is 6.04 Å². The number of nitrogens with one attached hydrogen (secondary N) is 1. The van der Waals surface area contributed by atoms with Crippen LogP contribution in [0.1, 0.15) is 37.8 Å². The minimum absolute atomic E-state index is 0.175. The molecule has 1 aromatic heterocycles. The molecule has 4 heterocycles. The Hall–Kier alpha value is -3.88. The Morgan fingerprint density at radius 1 is 1.09 bits per heavy atom. The van der Waals surface area contributed by atoms with Gasteiger partial charge in [0.05, 0.1) is 11.7 Å². The highest BCUT2D eigenvalue weighted by Gasteiger charge is 2.48.